The highest BCUT2D eigenvalue weighted by atomic mass is 32.1. The van der Waals surface area contributed by atoms with Crippen molar-refractivity contribution in [2.45, 2.75) is 94.3 Å². The molecule has 33 heteroatoms. The highest BCUT2D eigenvalue weighted by Gasteiger charge is 2.33. The number of methoxy groups -OCH3 is 4. The number of nitrogens with zero attached hydrogens (tertiary/aromatic N) is 18. The van der Waals surface area contributed by atoms with Crippen LogP contribution in [-0.2, 0) is 19.1 Å². The van der Waals surface area contributed by atoms with Crippen molar-refractivity contribution in [1.82, 2.24) is 85.6 Å². The summed E-state index contributed by atoms with van der Waals surface area (Å²) in [6, 6.07) is 65.8. The van der Waals surface area contributed by atoms with Crippen molar-refractivity contribution >= 4 is 21.4 Å². The maximum atomic E-state index is 12.9. The number of unbranched alkanes of at least 4 members (excludes halogenated alkanes) is 1. The number of fused-ring (bicyclic) bond motifs is 1. The number of aromatic nitrogens is 17. The van der Waals surface area contributed by atoms with Gasteiger partial charge in [-0.15, -0.1) is 11.3 Å². The van der Waals surface area contributed by atoms with Crippen molar-refractivity contribution < 1.29 is 64.0 Å². The van der Waals surface area contributed by atoms with Crippen molar-refractivity contribution in [3.8, 4) is 171 Å². The summed E-state index contributed by atoms with van der Waals surface area (Å²) in [5.74, 6) is 9.16. The first-order valence-electron chi connectivity index (χ1n) is 41.9. The molecular formula is C100H89F3N18O11S. The fourth-order valence-electron chi connectivity index (χ4n) is 13.4. The molecule has 0 N–H and O–H groups in total. The van der Waals surface area contributed by atoms with Gasteiger partial charge in [0.1, 0.15) is 22.9 Å². The number of alkyl halides is 3. The summed E-state index contributed by atoms with van der Waals surface area (Å²) in [7, 11) is 6.54. The number of halogens is 3. The molecule has 672 valence electrons. The van der Waals surface area contributed by atoms with Gasteiger partial charge in [0.15, 0.2) is 11.5 Å². The first-order chi connectivity index (χ1) is 64.6. The lowest BCUT2D eigenvalue weighted by atomic mass is 10.0. The molecular weight excluding hydrogens is 1720 g/mol. The fraction of sp³-hybridized carbons (Fsp3) is 0.190. The second-order valence-electron chi connectivity index (χ2n) is 29.7. The number of pyridine rings is 3. The van der Waals surface area contributed by atoms with Crippen molar-refractivity contribution in [2.75, 3.05) is 35.0 Å². The van der Waals surface area contributed by atoms with Crippen molar-refractivity contribution in [2.24, 2.45) is 0 Å². The lowest BCUT2D eigenvalue weighted by molar-refractivity contribution is -0.138. The molecule has 11 heterocycles. The van der Waals surface area contributed by atoms with Crippen LogP contribution in [0.3, 0.4) is 0 Å². The molecule has 19 rings (SSSR count). The van der Waals surface area contributed by atoms with Gasteiger partial charge in [0, 0.05) is 104 Å². The van der Waals surface area contributed by atoms with E-state index in [-0.39, 0.29) is 17.0 Å². The lowest BCUT2D eigenvalue weighted by Gasteiger charge is -2.10. The number of hydrogen-bond acceptors (Lipinski definition) is 29. The first kappa shape index (κ1) is 92.7. The van der Waals surface area contributed by atoms with Gasteiger partial charge < -0.3 is 50.8 Å². The highest BCUT2D eigenvalue weighted by Crippen LogP contribution is 2.39. The van der Waals surface area contributed by atoms with Crippen LogP contribution in [-0.4, -0.2) is 121 Å². The molecule has 0 fully saturated rings. The Bertz CT molecular complexity index is 7070. The summed E-state index contributed by atoms with van der Waals surface area (Å²) in [5, 5.41) is 38.6. The second-order valence-corrected chi connectivity index (χ2v) is 30.8. The van der Waals surface area contributed by atoms with Crippen LogP contribution in [0, 0.1) is 52.9 Å². The molecule has 0 spiro atoms. The molecule has 29 nitrogen and oxygen atoms in total. The summed E-state index contributed by atoms with van der Waals surface area (Å²) in [6.07, 6.45) is 9.06. The van der Waals surface area contributed by atoms with E-state index in [1.54, 1.807) is 101 Å². The van der Waals surface area contributed by atoms with Crippen LogP contribution in [0.25, 0.3) is 147 Å². The Hall–Kier alpha value is -16.5. The van der Waals surface area contributed by atoms with Crippen LogP contribution in [0.5, 0.6) is 28.7 Å². The van der Waals surface area contributed by atoms with E-state index in [2.05, 4.69) is 124 Å². The summed E-state index contributed by atoms with van der Waals surface area (Å²) in [4.78, 5) is 39.2. The van der Waals surface area contributed by atoms with Gasteiger partial charge in [-0.2, -0.15) is 53.4 Å². The number of rotatable bonds is 22. The van der Waals surface area contributed by atoms with E-state index in [1.807, 2.05) is 187 Å². The molecule has 0 saturated heterocycles. The van der Waals surface area contributed by atoms with Crippen LogP contribution in [0.15, 0.2) is 271 Å². The summed E-state index contributed by atoms with van der Waals surface area (Å²) >= 11 is 1.65. The van der Waals surface area contributed by atoms with Crippen molar-refractivity contribution in [1.29, 1.82) is 5.26 Å². The number of benzene rings is 8. The Kier molecular flexibility index (Phi) is 30.3. The van der Waals surface area contributed by atoms with E-state index < -0.39 is 11.7 Å². The Morgan fingerprint density at radius 1 is 0.383 bits per heavy atom. The zero-order valence-electron chi connectivity index (χ0n) is 74.7. The van der Waals surface area contributed by atoms with Crippen LogP contribution in [0.4, 0.5) is 13.2 Å². The van der Waals surface area contributed by atoms with Crippen molar-refractivity contribution in [3.05, 3.63) is 294 Å². The zero-order chi connectivity index (χ0) is 93.5. The summed E-state index contributed by atoms with van der Waals surface area (Å²) in [5.41, 5.74) is 15.0. The van der Waals surface area contributed by atoms with Gasteiger partial charge in [-0.1, -0.05) is 117 Å². The van der Waals surface area contributed by atoms with Gasteiger partial charge in [-0.25, -0.2) is 0 Å². The van der Waals surface area contributed by atoms with Crippen molar-refractivity contribution in [3.63, 3.8) is 0 Å². The third-order valence-electron chi connectivity index (χ3n) is 20.5. The molecule has 19 aromatic rings. The number of thiophene rings is 1. The van der Waals surface area contributed by atoms with Crippen LogP contribution >= 0.6 is 11.3 Å². The molecule has 0 aliphatic rings. The molecule has 0 aliphatic carbocycles. The van der Waals surface area contributed by atoms with Crippen LogP contribution < -0.4 is 23.7 Å². The average Bonchev–Trinajstić information content (AvgIpc) is 1.78. The van der Waals surface area contributed by atoms with E-state index in [9.17, 15) is 13.2 Å². The number of hydrogen-bond donors (Lipinski definition) is 0. The minimum atomic E-state index is -4.42. The monoisotopic (exact) mass is 1810 g/mol. The number of ether oxygens (including phenoxy) is 5. The zero-order valence-corrected chi connectivity index (χ0v) is 75.5. The van der Waals surface area contributed by atoms with Crippen LogP contribution in [0.1, 0.15) is 83.8 Å². The topological polar surface area (TPSA) is 360 Å². The molecule has 0 bridgehead atoms. The molecule has 8 aromatic carbocycles. The maximum absolute atomic E-state index is 12.9. The number of nitriles is 1. The first-order valence-corrected chi connectivity index (χ1v) is 42.8. The largest absolute Gasteiger partial charge is 0.496 e. The highest BCUT2D eigenvalue weighted by molar-refractivity contribution is 7.22. The minimum Gasteiger partial charge on any atom is -0.496 e. The minimum absolute atomic E-state index is 0.0392. The molecule has 133 heavy (non-hydrogen) atoms. The van der Waals surface area contributed by atoms with Gasteiger partial charge in [-0.3, -0.25) is 19.6 Å². The molecule has 0 amide bonds. The summed E-state index contributed by atoms with van der Waals surface area (Å²) in [6.45, 7) is 18.6. The predicted molar refractivity (Wildman–Crippen MR) is 495 cm³/mol. The smallest absolute Gasteiger partial charge is 0.416 e. The maximum Gasteiger partial charge on any atom is 0.416 e. The van der Waals surface area contributed by atoms with Gasteiger partial charge in [0.25, 0.3) is 35.3 Å². The van der Waals surface area contributed by atoms with E-state index in [4.69, 9.17) is 56.1 Å². The van der Waals surface area contributed by atoms with E-state index >= 15 is 0 Å². The average molecular weight is 1810 g/mol. The molecule has 0 unspecified atom stereocenters. The van der Waals surface area contributed by atoms with Gasteiger partial charge in [0.05, 0.1) is 62.8 Å². The molecule has 0 saturated carbocycles. The van der Waals surface area contributed by atoms with E-state index in [1.165, 1.54) is 47.5 Å². The quantitative estimate of drug-likeness (QED) is 0.0608. The third kappa shape index (κ3) is 23.2. The predicted octanol–water partition coefficient (Wildman–Crippen LogP) is 23.6. The summed E-state index contributed by atoms with van der Waals surface area (Å²) < 4.78 is 101. The molecule has 0 aliphatic heterocycles. The molecule has 0 atom stereocenters. The second kappa shape index (κ2) is 43.5. The van der Waals surface area contributed by atoms with E-state index in [0.29, 0.717) is 93.6 Å². The normalized spacial score (nSPS) is 10.8. The Balaban J connectivity index is 0.000000128. The lowest BCUT2D eigenvalue weighted by Crippen LogP contribution is -2.07. The Morgan fingerprint density at radius 3 is 1.23 bits per heavy atom. The number of aryl methyl sites for hydroxylation is 8. The van der Waals surface area contributed by atoms with Crippen LogP contribution in [0.2, 0.25) is 0 Å². The standard InChI is InChI=1S/C18H15N3O2.C18H14N2O2S.C17H17N3O.C16H18N4O2.C16H15N3O3.C15H10F3N3O/c1-11-4-5-13(9-16(11)22-3)17-20-18(23-21-17)14-6-7-15(10-19)12(2)8-14;1-11-7-8-13(9-14(11)21-2)17-19-18(22-20-17)16-10-12-5-3-4-6-15(12)23-16;1-2-3-4-13-5-7-15(8-6-13)17-19-16(20-21-17)14-9-11-18-12-10-14;1-5-20-13(8-11(3)18-20)16-17-15(19-22-16)12-7-6-10(2)14(9-12)21-4;1-3-21-14-10-12(4-5-13(14)20-2)16-18-15(19-22-16)11-6-8-17-9-7-11;1-9-2-3-11(8-12(9)15(16,17)18)14-20-13(21-22-14)10-4-6-19-7-5-10/h4-9H,1-3H3;3-10H,1-2H3;5-12H,2-4H2,1H3;6-9H,5H2,1-4H3;4-10H,3H2,1-2H3;2-8H,1H3. The van der Waals surface area contributed by atoms with Gasteiger partial charge in [-0.05, 0) is 240 Å². The van der Waals surface area contributed by atoms with Gasteiger partial charge >= 0.3 is 6.18 Å². The molecule has 11 aromatic heterocycles. The Labute approximate surface area is 766 Å². The third-order valence-corrected chi connectivity index (χ3v) is 21.6. The molecule has 0 radical (unpaired) electrons. The fourth-order valence-corrected chi connectivity index (χ4v) is 14.4. The van der Waals surface area contributed by atoms with E-state index in [0.717, 1.165) is 119 Å². The Morgan fingerprint density at radius 2 is 0.782 bits per heavy atom. The SMILES string of the molecule is CCCCc1ccc(-c2nc(-c3ccncc3)no2)cc1.CCOc1cc(-c2nc(-c3ccncc3)no2)ccc1OC.CCn1nc(C)cc1-c1nc(-c2ccc(C)c(OC)c2)no1.COc1cc(-c2noc(-c3cc4ccccc4s3)n2)ccc1C.COc1cc(-c2noc(-c3ccc(C#N)c(C)c3)n2)ccc1C.Cc1ccc(-c2nc(-c3ccncc3)no2)cc1C(F)(F)F. The van der Waals surface area contributed by atoms with Gasteiger partial charge in [0.2, 0.25) is 34.9 Å².